The predicted octanol–water partition coefficient (Wildman–Crippen LogP) is 3.10. The van der Waals surface area contributed by atoms with Crippen LogP contribution in [0.4, 0.5) is 26.2 Å². The van der Waals surface area contributed by atoms with Crippen LogP contribution in [-0.4, -0.2) is 63.2 Å². The van der Waals surface area contributed by atoms with Crippen LogP contribution in [0, 0.1) is 0 Å². The maximum atomic E-state index is 12.6. The van der Waals surface area contributed by atoms with Crippen molar-refractivity contribution >= 4 is 23.4 Å². The van der Waals surface area contributed by atoms with Gasteiger partial charge in [-0.2, -0.15) is 8.78 Å². The number of hydrogen-bond acceptors (Lipinski definition) is 9. The SMILES string of the molecule is CC(=O)Nc1ccc(-c2cnc(N3CC4CC(C3)O4)cn2)cn1.CNc1ccnc(C(C)(F)F)n1. The van der Waals surface area contributed by atoms with Crippen LogP contribution in [0.5, 0.6) is 0 Å². The minimum absolute atomic E-state index is 0.141. The number of hydrogen-bond donors (Lipinski definition) is 2. The zero-order valence-electron chi connectivity index (χ0n) is 19.6. The fraction of sp³-hybridized carbons (Fsp3) is 0.391. The normalized spacial score (nSPS) is 18.6. The first kappa shape index (κ1) is 24.3. The number of ether oxygens (including phenoxy) is 1. The Morgan fingerprint density at radius 3 is 2.34 bits per heavy atom. The second-order valence-corrected chi connectivity index (χ2v) is 8.30. The van der Waals surface area contributed by atoms with E-state index in [0.29, 0.717) is 23.8 Å². The standard InChI is InChI=1S/C16H17N5O2.C7H9F2N3/c1-10(22)20-15-3-2-11(5-18-15)14-6-19-16(7-17-14)21-8-12-4-13(9-21)23-12;1-7(8,9)6-11-4-3-5(10-2)12-6/h2-3,5-7,12-13H,4,8-9H2,1H3,(H,18,20,22);3-4H,1-2H3,(H,10,11,12). The van der Waals surface area contributed by atoms with Crippen molar-refractivity contribution in [2.45, 2.75) is 38.4 Å². The van der Waals surface area contributed by atoms with E-state index in [0.717, 1.165) is 43.5 Å². The van der Waals surface area contributed by atoms with E-state index in [1.54, 1.807) is 31.7 Å². The Kier molecular flexibility index (Phi) is 7.10. The quantitative estimate of drug-likeness (QED) is 0.563. The molecule has 2 bridgehead atoms. The van der Waals surface area contributed by atoms with Gasteiger partial charge in [-0.05, 0) is 18.2 Å². The highest BCUT2D eigenvalue weighted by Crippen LogP contribution is 2.30. The van der Waals surface area contributed by atoms with E-state index in [9.17, 15) is 13.6 Å². The molecule has 3 aromatic rings. The number of fused-ring (bicyclic) bond motifs is 2. The molecular formula is C23H26F2N8O2. The molecule has 0 saturated carbocycles. The smallest absolute Gasteiger partial charge is 0.303 e. The van der Waals surface area contributed by atoms with Crippen LogP contribution in [-0.2, 0) is 15.5 Å². The average Bonchev–Trinajstić information content (AvgIpc) is 2.84. The third kappa shape index (κ3) is 6.21. The third-order valence-corrected chi connectivity index (χ3v) is 5.39. The largest absolute Gasteiger partial charge is 0.373 e. The summed E-state index contributed by atoms with van der Waals surface area (Å²) in [6.07, 6.45) is 8.38. The number of pyridine rings is 1. The summed E-state index contributed by atoms with van der Waals surface area (Å²) in [6, 6.07) is 5.14. The molecule has 0 radical (unpaired) electrons. The van der Waals surface area contributed by atoms with E-state index < -0.39 is 11.7 Å². The summed E-state index contributed by atoms with van der Waals surface area (Å²) >= 11 is 0. The molecule has 0 aromatic carbocycles. The number of halogens is 2. The van der Waals surface area contributed by atoms with Crippen molar-refractivity contribution in [2.24, 2.45) is 0 Å². The summed E-state index contributed by atoms with van der Waals surface area (Å²) in [5.74, 6) is -1.78. The zero-order chi connectivity index (χ0) is 25.0. The van der Waals surface area contributed by atoms with Gasteiger partial charge in [0.25, 0.3) is 0 Å². The van der Waals surface area contributed by atoms with Crippen molar-refractivity contribution in [3.8, 4) is 11.3 Å². The number of alkyl halides is 2. The topological polar surface area (TPSA) is 118 Å². The Hall–Kier alpha value is -3.80. The van der Waals surface area contributed by atoms with E-state index in [1.807, 2.05) is 6.07 Å². The monoisotopic (exact) mass is 484 g/mol. The highest BCUT2D eigenvalue weighted by atomic mass is 19.3. The Balaban J connectivity index is 0.000000204. The molecule has 3 fully saturated rings. The average molecular weight is 485 g/mol. The van der Waals surface area contributed by atoms with Gasteiger partial charge in [-0.15, -0.1) is 0 Å². The van der Waals surface area contributed by atoms with Crippen LogP contribution in [0.3, 0.4) is 0 Å². The second-order valence-electron chi connectivity index (χ2n) is 8.30. The first-order valence-corrected chi connectivity index (χ1v) is 11.1. The summed E-state index contributed by atoms with van der Waals surface area (Å²) in [5, 5.41) is 5.29. The van der Waals surface area contributed by atoms with Crippen molar-refractivity contribution in [3.63, 3.8) is 0 Å². The summed E-state index contributed by atoms with van der Waals surface area (Å²) in [6.45, 7) is 3.99. The van der Waals surface area contributed by atoms with Crippen LogP contribution in [0.1, 0.15) is 26.1 Å². The molecule has 0 spiro atoms. The van der Waals surface area contributed by atoms with Gasteiger partial charge in [-0.3, -0.25) is 9.78 Å². The molecule has 6 rings (SSSR count). The first-order chi connectivity index (χ1) is 16.7. The van der Waals surface area contributed by atoms with Crippen molar-refractivity contribution in [3.05, 3.63) is 48.8 Å². The molecule has 2 atom stereocenters. The molecule has 3 saturated heterocycles. The lowest BCUT2D eigenvalue weighted by molar-refractivity contribution is -0.133. The van der Waals surface area contributed by atoms with Gasteiger partial charge >= 0.3 is 5.92 Å². The molecule has 12 heteroatoms. The van der Waals surface area contributed by atoms with Crippen molar-refractivity contribution in [1.82, 2.24) is 24.9 Å². The Morgan fingerprint density at radius 1 is 1.06 bits per heavy atom. The molecule has 3 aliphatic rings. The molecule has 0 aliphatic carbocycles. The fourth-order valence-corrected chi connectivity index (χ4v) is 3.69. The van der Waals surface area contributed by atoms with Crippen LogP contribution in [0.25, 0.3) is 11.3 Å². The van der Waals surface area contributed by atoms with Crippen LogP contribution in [0.15, 0.2) is 43.0 Å². The number of aromatic nitrogens is 5. The molecule has 35 heavy (non-hydrogen) atoms. The maximum Gasteiger partial charge on any atom is 0.303 e. The summed E-state index contributed by atoms with van der Waals surface area (Å²) in [4.78, 5) is 33.5. The number of morpholine rings is 1. The number of rotatable bonds is 5. The van der Waals surface area contributed by atoms with Gasteiger partial charge in [0.2, 0.25) is 5.91 Å². The summed E-state index contributed by atoms with van der Waals surface area (Å²) in [7, 11) is 1.61. The molecule has 2 N–H and O–H groups in total. The molecule has 6 heterocycles. The minimum Gasteiger partial charge on any atom is -0.373 e. The summed E-state index contributed by atoms with van der Waals surface area (Å²) < 4.78 is 30.9. The highest BCUT2D eigenvalue weighted by Gasteiger charge is 2.38. The Morgan fingerprint density at radius 2 is 1.80 bits per heavy atom. The van der Waals surface area contributed by atoms with Crippen LogP contribution < -0.4 is 15.5 Å². The van der Waals surface area contributed by atoms with Gasteiger partial charge in [-0.1, -0.05) is 0 Å². The van der Waals surface area contributed by atoms with Gasteiger partial charge < -0.3 is 20.3 Å². The number of amides is 1. The van der Waals surface area contributed by atoms with Crippen LogP contribution in [0.2, 0.25) is 0 Å². The number of anilines is 3. The number of piperidine rings is 1. The zero-order valence-corrected chi connectivity index (χ0v) is 19.6. The van der Waals surface area contributed by atoms with E-state index >= 15 is 0 Å². The number of carbonyl (C=O) groups is 1. The van der Waals surface area contributed by atoms with Crippen LogP contribution >= 0.6 is 0 Å². The van der Waals surface area contributed by atoms with Gasteiger partial charge in [0.05, 0.1) is 30.3 Å². The lowest BCUT2D eigenvalue weighted by Gasteiger charge is -2.47. The number of nitrogens with one attached hydrogen (secondary N) is 2. The Labute approximate surface area is 201 Å². The Bertz CT molecular complexity index is 1140. The lowest BCUT2D eigenvalue weighted by atomic mass is 9.99. The molecule has 2 unspecified atom stereocenters. The predicted molar refractivity (Wildman–Crippen MR) is 126 cm³/mol. The third-order valence-electron chi connectivity index (χ3n) is 5.39. The molecule has 184 valence electrons. The van der Waals surface area contributed by atoms with E-state index in [-0.39, 0.29) is 5.91 Å². The molecule has 1 amide bonds. The number of carbonyl (C=O) groups excluding carboxylic acids is 1. The maximum absolute atomic E-state index is 12.6. The van der Waals surface area contributed by atoms with Gasteiger partial charge in [-0.25, -0.2) is 19.9 Å². The summed E-state index contributed by atoms with van der Waals surface area (Å²) in [5.41, 5.74) is 1.62. The van der Waals surface area contributed by atoms with Crippen molar-refractivity contribution < 1.29 is 18.3 Å². The first-order valence-electron chi connectivity index (χ1n) is 11.1. The molecule has 3 aliphatic heterocycles. The highest BCUT2D eigenvalue weighted by molar-refractivity contribution is 5.87. The van der Waals surface area contributed by atoms with Crippen molar-refractivity contribution in [2.75, 3.05) is 35.7 Å². The lowest BCUT2D eigenvalue weighted by Crippen LogP contribution is -2.57. The molecule has 10 nitrogen and oxygen atoms in total. The fourth-order valence-electron chi connectivity index (χ4n) is 3.69. The van der Waals surface area contributed by atoms with E-state index in [1.165, 1.54) is 19.2 Å². The van der Waals surface area contributed by atoms with Gasteiger partial charge in [0.1, 0.15) is 17.5 Å². The van der Waals surface area contributed by atoms with E-state index in [2.05, 4.69) is 40.5 Å². The molecule has 3 aromatic heterocycles. The van der Waals surface area contributed by atoms with E-state index in [4.69, 9.17) is 4.74 Å². The second kappa shape index (κ2) is 10.2. The van der Waals surface area contributed by atoms with Gasteiger partial charge in [0.15, 0.2) is 5.82 Å². The molecular weight excluding hydrogens is 458 g/mol. The minimum atomic E-state index is -2.98. The van der Waals surface area contributed by atoms with Gasteiger partial charge in [0, 0.05) is 58.4 Å². The number of nitrogens with zero attached hydrogens (tertiary/aromatic N) is 6. The van der Waals surface area contributed by atoms with Crippen molar-refractivity contribution in [1.29, 1.82) is 0 Å².